The molecule has 2 aromatic carbocycles. The minimum atomic E-state index is -0.240. The molecule has 0 aliphatic rings. The van der Waals surface area contributed by atoms with Gasteiger partial charge in [0.15, 0.2) is 0 Å². The fourth-order valence-electron chi connectivity index (χ4n) is 5.12. The molecule has 0 N–H and O–H groups in total. The van der Waals surface area contributed by atoms with E-state index in [1.54, 1.807) is 0 Å². The maximum Gasteiger partial charge on any atom is 0.334 e. The second-order valence-electron chi connectivity index (χ2n) is 10.1. The number of rotatable bonds is 10. The van der Waals surface area contributed by atoms with E-state index in [0.29, 0.717) is 24.5 Å². The average Bonchev–Trinajstić information content (AvgIpc) is 3.29. The van der Waals surface area contributed by atoms with Crippen LogP contribution < -0.4 is 0 Å². The summed E-state index contributed by atoms with van der Waals surface area (Å²) in [5.74, 6) is 0.233. The molecule has 4 aromatic rings. The fourth-order valence-corrected chi connectivity index (χ4v) is 5.12. The molecule has 0 spiro atoms. The zero-order valence-electron chi connectivity index (χ0n) is 23.7. The second-order valence-corrected chi connectivity index (χ2v) is 10.1. The number of aryl methyl sites for hydroxylation is 2. The van der Waals surface area contributed by atoms with Crippen LogP contribution in [0, 0.1) is 0 Å². The van der Waals surface area contributed by atoms with Gasteiger partial charge in [0, 0.05) is 34.0 Å². The van der Waals surface area contributed by atoms with Gasteiger partial charge in [-0.2, -0.15) is 0 Å². The lowest BCUT2D eigenvalue weighted by Gasteiger charge is -2.13. The summed E-state index contributed by atoms with van der Waals surface area (Å²) in [4.78, 5) is 17.8. The Hall–Kier alpha value is -3.66. The number of benzene rings is 2. The van der Waals surface area contributed by atoms with Crippen LogP contribution in [0.3, 0.4) is 0 Å². The van der Waals surface area contributed by atoms with Gasteiger partial charge < -0.3 is 9.30 Å². The Morgan fingerprint density at radius 1 is 1.00 bits per heavy atom. The molecule has 198 valence electrons. The van der Waals surface area contributed by atoms with Gasteiger partial charge in [0.05, 0.1) is 24.0 Å². The summed E-state index contributed by atoms with van der Waals surface area (Å²) in [6.07, 6.45) is 9.56. The Balaban J connectivity index is 1.96. The number of esters is 1. The highest BCUT2D eigenvalue weighted by Gasteiger charge is 2.17. The highest BCUT2D eigenvalue weighted by Crippen LogP contribution is 2.34. The van der Waals surface area contributed by atoms with Crippen LogP contribution in [0.5, 0.6) is 0 Å². The number of carbonyl (C=O) groups is 1. The number of aromatic nitrogens is 2. The zero-order chi connectivity index (χ0) is 27.2. The summed E-state index contributed by atoms with van der Waals surface area (Å²) in [6, 6.07) is 17.4. The van der Waals surface area contributed by atoms with E-state index in [0.717, 1.165) is 47.1 Å². The molecule has 0 radical (unpaired) electrons. The molecule has 0 aliphatic heterocycles. The zero-order valence-corrected chi connectivity index (χ0v) is 23.7. The van der Waals surface area contributed by atoms with Crippen LogP contribution in [0.2, 0.25) is 0 Å². The summed E-state index contributed by atoms with van der Waals surface area (Å²) >= 11 is 0. The maximum absolute atomic E-state index is 12.8. The van der Waals surface area contributed by atoms with Gasteiger partial charge in [-0.3, -0.25) is 4.98 Å². The third-order valence-corrected chi connectivity index (χ3v) is 7.20. The first-order valence-electron chi connectivity index (χ1n) is 14.0. The molecule has 4 rings (SSSR count). The second kappa shape index (κ2) is 12.3. The van der Waals surface area contributed by atoms with Crippen LogP contribution in [0.15, 0.2) is 66.5 Å². The van der Waals surface area contributed by atoms with Crippen molar-refractivity contribution in [2.75, 3.05) is 6.61 Å². The lowest BCUT2D eigenvalue weighted by molar-refractivity contribution is -0.138. The molecule has 2 aromatic heterocycles. The van der Waals surface area contributed by atoms with Crippen LogP contribution in [0.1, 0.15) is 82.6 Å². The Morgan fingerprint density at radius 2 is 1.68 bits per heavy atom. The molecular formula is C34H40N2O2. The topological polar surface area (TPSA) is 44.1 Å². The van der Waals surface area contributed by atoms with E-state index < -0.39 is 0 Å². The summed E-state index contributed by atoms with van der Waals surface area (Å²) in [5.41, 5.74) is 9.90. The van der Waals surface area contributed by atoms with Crippen molar-refractivity contribution >= 4 is 22.9 Å². The van der Waals surface area contributed by atoms with Gasteiger partial charge in [-0.25, -0.2) is 4.79 Å². The Kier molecular flexibility index (Phi) is 8.83. The highest BCUT2D eigenvalue weighted by molar-refractivity contribution is 5.99. The van der Waals surface area contributed by atoms with Gasteiger partial charge in [0.2, 0.25) is 0 Å². The summed E-state index contributed by atoms with van der Waals surface area (Å²) in [5, 5.41) is 1.08. The first-order valence-corrected chi connectivity index (χ1v) is 14.0. The van der Waals surface area contributed by atoms with Crippen molar-refractivity contribution < 1.29 is 9.53 Å². The molecule has 0 atom stereocenters. The van der Waals surface area contributed by atoms with Crippen LogP contribution >= 0.6 is 0 Å². The van der Waals surface area contributed by atoms with Crippen LogP contribution in [-0.2, 0) is 22.4 Å². The number of fused-ring (bicyclic) bond motifs is 1. The molecule has 0 unspecified atom stereocenters. The van der Waals surface area contributed by atoms with Crippen LogP contribution in [0.25, 0.3) is 33.9 Å². The van der Waals surface area contributed by atoms with E-state index in [1.165, 1.54) is 22.3 Å². The van der Waals surface area contributed by atoms with Gasteiger partial charge in [-0.1, -0.05) is 71.4 Å². The summed E-state index contributed by atoms with van der Waals surface area (Å²) in [6.45, 7) is 13.1. The molecule has 2 heterocycles. The molecule has 0 amide bonds. The van der Waals surface area contributed by atoms with Gasteiger partial charge in [-0.15, -0.1) is 0 Å². The summed E-state index contributed by atoms with van der Waals surface area (Å²) in [7, 11) is 0. The molecule has 0 saturated carbocycles. The quantitative estimate of drug-likeness (QED) is 0.159. The standard InChI is InChI=1S/C34H40N2O2/c1-7-12-27(34(37)38-10-4)19-28-22-36(29-17-15-26(16-18-29)23(5)6)32-21-35-31(20-30(28)32)33-24(8-2)13-11-14-25(33)9-3/h11,13-23H,7-10,12H2,1-6H3/b27-19+. The molecule has 4 nitrogen and oxygen atoms in total. The first-order chi connectivity index (χ1) is 18.4. The van der Waals surface area contributed by atoms with Crippen LogP contribution in [-0.4, -0.2) is 22.1 Å². The van der Waals surface area contributed by atoms with Crippen molar-refractivity contribution in [3.8, 4) is 16.9 Å². The highest BCUT2D eigenvalue weighted by atomic mass is 16.5. The largest absolute Gasteiger partial charge is 0.463 e. The third-order valence-electron chi connectivity index (χ3n) is 7.20. The Labute approximate surface area is 227 Å². The predicted molar refractivity (Wildman–Crippen MR) is 159 cm³/mol. The molecule has 38 heavy (non-hydrogen) atoms. The van der Waals surface area contributed by atoms with E-state index in [1.807, 2.05) is 19.2 Å². The smallest absolute Gasteiger partial charge is 0.334 e. The number of carbonyl (C=O) groups excluding carboxylic acids is 1. The Morgan fingerprint density at radius 3 is 2.26 bits per heavy atom. The van der Waals surface area contributed by atoms with E-state index in [9.17, 15) is 4.79 Å². The monoisotopic (exact) mass is 508 g/mol. The lowest BCUT2D eigenvalue weighted by atomic mass is 9.94. The molecular weight excluding hydrogens is 468 g/mol. The van der Waals surface area contributed by atoms with Crippen molar-refractivity contribution in [2.24, 2.45) is 0 Å². The third kappa shape index (κ3) is 5.60. The number of pyridine rings is 1. The minimum Gasteiger partial charge on any atom is -0.463 e. The molecule has 4 heteroatoms. The number of nitrogens with zero attached hydrogens (tertiary/aromatic N) is 2. The van der Waals surface area contributed by atoms with E-state index in [4.69, 9.17) is 9.72 Å². The molecule has 0 aliphatic carbocycles. The van der Waals surface area contributed by atoms with Crippen molar-refractivity contribution in [2.45, 2.75) is 73.1 Å². The minimum absolute atomic E-state index is 0.240. The van der Waals surface area contributed by atoms with Gasteiger partial charge in [0.1, 0.15) is 0 Å². The molecule has 0 saturated heterocycles. The maximum atomic E-state index is 12.8. The molecule has 0 fully saturated rings. The van der Waals surface area contributed by atoms with E-state index in [2.05, 4.69) is 93.9 Å². The molecule has 0 bridgehead atoms. The van der Waals surface area contributed by atoms with Crippen molar-refractivity contribution in [3.05, 3.63) is 88.8 Å². The number of ether oxygens (including phenoxy) is 1. The SMILES string of the molecule is CCC/C(=C\c1cn(-c2ccc(C(C)C)cc2)c2cnc(-c3c(CC)cccc3CC)cc12)C(=O)OCC. The van der Waals surface area contributed by atoms with Crippen LogP contribution in [0.4, 0.5) is 0 Å². The Bertz CT molecular complexity index is 1420. The van der Waals surface area contributed by atoms with Gasteiger partial charge in [-0.05, 0) is 73.1 Å². The van der Waals surface area contributed by atoms with E-state index in [-0.39, 0.29) is 5.97 Å². The van der Waals surface area contributed by atoms with Gasteiger partial charge in [0.25, 0.3) is 0 Å². The lowest BCUT2D eigenvalue weighted by Crippen LogP contribution is -2.07. The average molecular weight is 509 g/mol. The number of hydrogen-bond donors (Lipinski definition) is 0. The van der Waals surface area contributed by atoms with Crippen molar-refractivity contribution in [3.63, 3.8) is 0 Å². The van der Waals surface area contributed by atoms with E-state index >= 15 is 0 Å². The fraction of sp³-hybridized carbons (Fsp3) is 0.353. The predicted octanol–water partition coefficient (Wildman–Crippen LogP) is 8.69. The van der Waals surface area contributed by atoms with Crippen molar-refractivity contribution in [1.82, 2.24) is 9.55 Å². The number of hydrogen-bond acceptors (Lipinski definition) is 3. The first kappa shape index (κ1) is 27.4. The van der Waals surface area contributed by atoms with Crippen molar-refractivity contribution in [1.29, 1.82) is 0 Å². The van der Waals surface area contributed by atoms with Gasteiger partial charge >= 0.3 is 5.97 Å². The normalized spacial score (nSPS) is 11.9. The summed E-state index contributed by atoms with van der Waals surface area (Å²) < 4.78 is 7.58.